The largest absolute Gasteiger partial charge is 0.431 e. The third-order valence-electron chi connectivity index (χ3n) is 3.06. The van der Waals surface area contributed by atoms with E-state index in [9.17, 15) is 4.79 Å². The Morgan fingerprint density at radius 3 is 2.95 bits per heavy atom. The van der Waals surface area contributed by atoms with Crippen molar-refractivity contribution >= 4 is 28.8 Å². The molecule has 1 N–H and O–H groups in total. The van der Waals surface area contributed by atoms with Crippen molar-refractivity contribution < 1.29 is 9.21 Å². The van der Waals surface area contributed by atoms with Crippen molar-refractivity contribution in [2.24, 2.45) is 0 Å². The van der Waals surface area contributed by atoms with Gasteiger partial charge in [-0.25, -0.2) is 4.98 Å². The van der Waals surface area contributed by atoms with Gasteiger partial charge < -0.3 is 14.6 Å². The number of thioether (sulfide) groups is 1. The molecule has 3 rings (SSSR count). The number of rotatable bonds is 3. The number of nitrogens with one attached hydrogen (secondary N) is 1. The molecule has 5 nitrogen and oxygen atoms in total. The van der Waals surface area contributed by atoms with E-state index in [4.69, 9.17) is 4.42 Å². The maximum Gasteiger partial charge on any atom is 0.257 e. The normalized spacial score (nSPS) is 15.9. The van der Waals surface area contributed by atoms with E-state index in [2.05, 4.69) is 10.3 Å². The van der Waals surface area contributed by atoms with Crippen LogP contribution >= 0.6 is 11.8 Å². The van der Waals surface area contributed by atoms with E-state index in [1.807, 2.05) is 29.2 Å². The molecule has 0 aliphatic carbocycles. The highest BCUT2D eigenvalue weighted by molar-refractivity contribution is 7.99. The topological polar surface area (TPSA) is 58.4 Å². The molecule has 2 heterocycles. The van der Waals surface area contributed by atoms with Gasteiger partial charge in [0, 0.05) is 26.2 Å². The zero-order valence-electron chi connectivity index (χ0n) is 10.5. The fourth-order valence-corrected chi connectivity index (χ4v) is 2.78. The molecule has 1 amide bonds. The molecule has 19 heavy (non-hydrogen) atoms. The Balaban J connectivity index is 1.60. The summed E-state index contributed by atoms with van der Waals surface area (Å²) in [5.74, 6) is 0.529. The summed E-state index contributed by atoms with van der Waals surface area (Å²) in [5, 5.41) is 3.79. The number of aromatic nitrogens is 1. The number of carbonyl (C=O) groups excluding carboxylic acids is 1. The molecule has 0 atom stereocenters. The van der Waals surface area contributed by atoms with Gasteiger partial charge in [-0.3, -0.25) is 4.79 Å². The van der Waals surface area contributed by atoms with Crippen LogP contribution in [-0.4, -0.2) is 47.7 Å². The number of fused-ring (bicyclic) bond motifs is 1. The maximum absolute atomic E-state index is 12.0. The minimum absolute atomic E-state index is 0.147. The van der Waals surface area contributed by atoms with Gasteiger partial charge in [-0.2, -0.15) is 0 Å². The zero-order valence-corrected chi connectivity index (χ0v) is 11.3. The second-order valence-electron chi connectivity index (χ2n) is 4.37. The predicted octanol–water partition coefficient (Wildman–Crippen LogP) is 1.35. The van der Waals surface area contributed by atoms with E-state index in [1.165, 1.54) is 11.8 Å². The van der Waals surface area contributed by atoms with E-state index < -0.39 is 0 Å². The molecular weight excluding hydrogens is 262 g/mol. The molecule has 6 heteroatoms. The second kappa shape index (κ2) is 5.63. The van der Waals surface area contributed by atoms with Crippen LogP contribution in [0.2, 0.25) is 0 Å². The highest BCUT2D eigenvalue weighted by Gasteiger charge is 2.17. The van der Waals surface area contributed by atoms with Crippen molar-refractivity contribution in [2.75, 3.05) is 31.9 Å². The van der Waals surface area contributed by atoms with Gasteiger partial charge in [0.1, 0.15) is 5.52 Å². The monoisotopic (exact) mass is 277 g/mol. The first-order valence-electron chi connectivity index (χ1n) is 6.30. The van der Waals surface area contributed by atoms with Crippen molar-refractivity contribution in [3.8, 4) is 0 Å². The van der Waals surface area contributed by atoms with Gasteiger partial charge in [-0.1, -0.05) is 23.9 Å². The highest BCUT2D eigenvalue weighted by atomic mass is 32.2. The molecule has 0 saturated carbocycles. The molecule has 2 aromatic rings. The SMILES string of the molecule is O=C(CSc1nc2ccccc2o1)N1CCNCC1. The van der Waals surface area contributed by atoms with Crippen molar-refractivity contribution in [1.82, 2.24) is 15.2 Å². The van der Waals surface area contributed by atoms with Crippen LogP contribution in [0.3, 0.4) is 0 Å². The first-order chi connectivity index (χ1) is 9.33. The van der Waals surface area contributed by atoms with Gasteiger partial charge >= 0.3 is 0 Å². The minimum Gasteiger partial charge on any atom is -0.431 e. The Morgan fingerprint density at radius 2 is 2.16 bits per heavy atom. The number of para-hydroxylation sites is 2. The Bertz CT molecular complexity index is 545. The Morgan fingerprint density at radius 1 is 1.37 bits per heavy atom. The number of carbonyl (C=O) groups is 1. The molecule has 1 fully saturated rings. The highest BCUT2D eigenvalue weighted by Crippen LogP contribution is 2.23. The third-order valence-corrected chi connectivity index (χ3v) is 3.88. The zero-order chi connectivity index (χ0) is 13.1. The predicted molar refractivity (Wildman–Crippen MR) is 74.2 cm³/mol. The third kappa shape index (κ3) is 2.90. The smallest absolute Gasteiger partial charge is 0.257 e. The van der Waals surface area contributed by atoms with Crippen molar-refractivity contribution in [3.63, 3.8) is 0 Å². The van der Waals surface area contributed by atoms with E-state index in [0.29, 0.717) is 11.0 Å². The van der Waals surface area contributed by atoms with Crippen LogP contribution in [-0.2, 0) is 4.79 Å². The molecule has 0 spiro atoms. The summed E-state index contributed by atoms with van der Waals surface area (Å²) in [6, 6.07) is 7.62. The summed E-state index contributed by atoms with van der Waals surface area (Å²) in [6.07, 6.45) is 0. The van der Waals surface area contributed by atoms with Gasteiger partial charge in [-0.15, -0.1) is 0 Å². The molecule has 100 valence electrons. The number of benzene rings is 1. The quantitative estimate of drug-likeness (QED) is 0.858. The molecule has 1 aliphatic heterocycles. The van der Waals surface area contributed by atoms with Crippen LogP contribution in [0.5, 0.6) is 0 Å². The first kappa shape index (κ1) is 12.5. The number of amides is 1. The van der Waals surface area contributed by atoms with Gasteiger partial charge in [0.25, 0.3) is 5.22 Å². The Kier molecular flexibility index (Phi) is 3.70. The van der Waals surface area contributed by atoms with Crippen LogP contribution in [0, 0.1) is 0 Å². The van der Waals surface area contributed by atoms with Crippen molar-refractivity contribution in [2.45, 2.75) is 5.22 Å². The lowest BCUT2D eigenvalue weighted by atomic mass is 10.3. The average molecular weight is 277 g/mol. The molecule has 0 unspecified atom stereocenters. The number of oxazole rings is 1. The number of piperazine rings is 1. The summed E-state index contributed by atoms with van der Waals surface area (Å²) < 4.78 is 5.57. The molecule has 0 radical (unpaired) electrons. The van der Waals surface area contributed by atoms with Crippen LogP contribution in [0.25, 0.3) is 11.1 Å². The van der Waals surface area contributed by atoms with E-state index in [-0.39, 0.29) is 5.91 Å². The molecule has 1 saturated heterocycles. The van der Waals surface area contributed by atoms with Gasteiger partial charge in [0.05, 0.1) is 5.75 Å². The minimum atomic E-state index is 0.147. The van der Waals surface area contributed by atoms with Gasteiger partial charge in [0.15, 0.2) is 5.58 Å². The molecule has 1 aromatic heterocycles. The Hall–Kier alpha value is -1.53. The summed E-state index contributed by atoms with van der Waals surface area (Å²) in [4.78, 5) is 18.2. The summed E-state index contributed by atoms with van der Waals surface area (Å²) in [7, 11) is 0. The fourth-order valence-electron chi connectivity index (χ4n) is 2.04. The second-order valence-corrected chi connectivity index (χ2v) is 5.29. The van der Waals surface area contributed by atoms with Crippen LogP contribution < -0.4 is 5.32 Å². The molecular formula is C13H15N3O2S. The molecule has 0 bridgehead atoms. The van der Waals surface area contributed by atoms with Crippen LogP contribution in [0.4, 0.5) is 0 Å². The lowest BCUT2D eigenvalue weighted by molar-refractivity contribution is -0.128. The van der Waals surface area contributed by atoms with Gasteiger partial charge in [-0.05, 0) is 12.1 Å². The van der Waals surface area contributed by atoms with Crippen molar-refractivity contribution in [1.29, 1.82) is 0 Å². The average Bonchev–Trinajstić information content (AvgIpc) is 2.88. The number of nitrogens with zero attached hydrogens (tertiary/aromatic N) is 2. The number of hydrogen-bond acceptors (Lipinski definition) is 5. The van der Waals surface area contributed by atoms with Crippen LogP contribution in [0.1, 0.15) is 0 Å². The van der Waals surface area contributed by atoms with Crippen LogP contribution in [0.15, 0.2) is 33.9 Å². The lowest BCUT2D eigenvalue weighted by Crippen LogP contribution is -2.47. The Labute approximate surface area is 115 Å². The van der Waals surface area contributed by atoms with Gasteiger partial charge in [0.2, 0.25) is 5.91 Å². The molecule has 1 aliphatic rings. The first-order valence-corrected chi connectivity index (χ1v) is 7.28. The summed E-state index contributed by atoms with van der Waals surface area (Å²) in [6.45, 7) is 3.32. The van der Waals surface area contributed by atoms with E-state index in [1.54, 1.807) is 0 Å². The van der Waals surface area contributed by atoms with E-state index >= 15 is 0 Å². The fraction of sp³-hybridized carbons (Fsp3) is 0.385. The molecule has 1 aromatic carbocycles. The maximum atomic E-state index is 12.0. The lowest BCUT2D eigenvalue weighted by Gasteiger charge is -2.27. The van der Waals surface area contributed by atoms with Crippen molar-refractivity contribution in [3.05, 3.63) is 24.3 Å². The summed E-state index contributed by atoms with van der Waals surface area (Å²) in [5.41, 5.74) is 1.60. The van der Waals surface area contributed by atoms with E-state index in [0.717, 1.165) is 37.3 Å². The standard InChI is InChI=1S/C13H15N3O2S/c17-12(16-7-5-14-6-8-16)9-19-13-15-10-3-1-2-4-11(10)18-13/h1-4,14H,5-9H2. The number of hydrogen-bond donors (Lipinski definition) is 1. The summed E-state index contributed by atoms with van der Waals surface area (Å²) >= 11 is 1.36.